The first-order valence-electron chi connectivity index (χ1n) is 8.76. The molecule has 0 spiro atoms. The highest BCUT2D eigenvalue weighted by Gasteiger charge is 2.11. The number of benzene rings is 2. The van der Waals surface area contributed by atoms with Crippen molar-refractivity contribution in [1.82, 2.24) is 15.1 Å². The van der Waals surface area contributed by atoms with Crippen molar-refractivity contribution in [2.24, 2.45) is 0 Å². The van der Waals surface area contributed by atoms with Gasteiger partial charge in [-0.15, -0.1) is 0 Å². The Balaban J connectivity index is 1.73. The maximum Gasteiger partial charge on any atom is 0.175 e. The zero-order valence-electron chi connectivity index (χ0n) is 15.5. The summed E-state index contributed by atoms with van der Waals surface area (Å²) < 4.78 is 10.5. The van der Waals surface area contributed by atoms with Crippen molar-refractivity contribution in [3.8, 4) is 17.1 Å². The number of aromatic nitrogens is 3. The second-order valence-corrected chi connectivity index (χ2v) is 6.10. The van der Waals surface area contributed by atoms with E-state index in [2.05, 4.69) is 25.8 Å². The molecule has 7 heteroatoms. The summed E-state index contributed by atoms with van der Waals surface area (Å²) in [5, 5.41) is 10.4. The Morgan fingerprint density at radius 3 is 2.25 bits per heavy atom. The number of para-hydroxylation sites is 2. The van der Waals surface area contributed by atoms with Gasteiger partial charge in [-0.3, -0.25) is 0 Å². The predicted molar refractivity (Wildman–Crippen MR) is 108 cm³/mol. The number of hydrogen-bond donors (Lipinski definition) is 2. The van der Waals surface area contributed by atoms with Crippen LogP contribution in [-0.4, -0.2) is 22.2 Å². The highest BCUT2D eigenvalue weighted by molar-refractivity contribution is 5.69. The molecule has 2 heterocycles. The molecule has 0 radical (unpaired) electrons. The lowest BCUT2D eigenvalue weighted by Gasteiger charge is -2.13. The number of nitrogens with one attached hydrogen (secondary N) is 2. The zero-order chi connectivity index (χ0) is 19.3. The van der Waals surface area contributed by atoms with Crippen molar-refractivity contribution in [2.75, 3.05) is 17.7 Å². The van der Waals surface area contributed by atoms with Crippen LogP contribution in [0.25, 0.3) is 11.4 Å². The summed E-state index contributed by atoms with van der Waals surface area (Å²) >= 11 is 0. The monoisotopic (exact) mass is 373 g/mol. The average molecular weight is 373 g/mol. The van der Waals surface area contributed by atoms with E-state index in [1.165, 1.54) is 0 Å². The maximum absolute atomic E-state index is 5.42. The molecule has 28 heavy (non-hydrogen) atoms. The fourth-order valence-electron chi connectivity index (χ4n) is 2.73. The highest BCUT2D eigenvalue weighted by Crippen LogP contribution is 2.29. The summed E-state index contributed by atoms with van der Waals surface area (Å²) in [6.45, 7) is 1.84. The van der Waals surface area contributed by atoms with Crippen LogP contribution >= 0.6 is 0 Å². The van der Waals surface area contributed by atoms with Crippen LogP contribution in [0, 0.1) is 6.92 Å². The molecule has 2 aromatic heterocycles. The third-order valence-electron chi connectivity index (χ3n) is 4.01. The van der Waals surface area contributed by atoms with E-state index in [9.17, 15) is 0 Å². The molecule has 7 nitrogen and oxygen atoms in total. The number of hydrogen-bond acceptors (Lipinski definition) is 7. The molecule has 0 unspecified atom stereocenters. The van der Waals surface area contributed by atoms with Crippen LogP contribution in [0.4, 0.5) is 23.1 Å². The van der Waals surface area contributed by atoms with Crippen molar-refractivity contribution in [3.05, 3.63) is 72.5 Å². The van der Waals surface area contributed by atoms with E-state index in [0.717, 1.165) is 17.0 Å². The highest BCUT2D eigenvalue weighted by atomic mass is 16.5. The Labute approximate surface area is 162 Å². The van der Waals surface area contributed by atoms with Crippen molar-refractivity contribution < 1.29 is 9.26 Å². The molecule has 0 aliphatic carbocycles. The minimum absolute atomic E-state index is 0.582. The Morgan fingerprint density at radius 1 is 0.821 bits per heavy atom. The van der Waals surface area contributed by atoms with Gasteiger partial charge >= 0.3 is 0 Å². The summed E-state index contributed by atoms with van der Waals surface area (Å²) in [5.74, 6) is 3.83. The summed E-state index contributed by atoms with van der Waals surface area (Å²) in [4.78, 5) is 9.28. The first-order valence-corrected chi connectivity index (χ1v) is 8.76. The maximum atomic E-state index is 5.42. The summed E-state index contributed by atoms with van der Waals surface area (Å²) in [6, 6.07) is 21.1. The molecule has 0 amide bonds. The van der Waals surface area contributed by atoms with Gasteiger partial charge in [0.05, 0.1) is 12.8 Å². The van der Waals surface area contributed by atoms with Crippen molar-refractivity contribution >= 4 is 23.1 Å². The zero-order valence-corrected chi connectivity index (χ0v) is 15.5. The van der Waals surface area contributed by atoms with Crippen LogP contribution in [0.1, 0.15) is 5.76 Å². The first-order chi connectivity index (χ1) is 13.7. The predicted octanol–water partition coefficient (Wildman–Crippen LogP) is 4.94. The minimum Gasteiger partial charge on any atom is -0.495 e. The van der Waals surface area contributed by atoms with Crippen LogP contribution in [0.3, 0.4) is 0 Å². The average Bonchev–Trinajstić information content (AvgIpc) is 3.13. The molecule has 0 saturated heterocycles. The fraction of sp³-hybridized carbons (Fsp3) is 0.0952. The second-order valence-electron chi connectivity index (χ2n) is 6.10. The van der Waals surface area contributed by atoms with Gasteiger partial charge < -0.3 is 19.9 Å². The number of rotatable bonds is 6. The van der Waals surface area contributed by atoms with Gasteiger partial charge in [-0.1, -0.05) is 47.6 Å². The second kappa shape index (κ2) is 7.79. The van der Waals surface area contributed by atoms with Crippen molar-refractivity contribution in [1.29, 1.82) is 0 Å². The molecular formula is C21H19N5O2. The number of ether oxygens (including phenoxy) is 1. The van der Waals surface area contributed by atoms with Gasteiger partial charge in [0.2, 0.25) is 0 Å². The summed E-state index contributed by atoms with van der Waals surface area (Å²) in [5.41, 5.74) is 1.72. The van der Waals surface area contributed by atoms with Gasteiger partial charge in [0, 0.05) is 17.7 Å². The third-order valence-corrected chi connectivity index (χ3v) is 4.01. The third kappa shape index (κ3) is 3.93. The number of nitrogens with zero attached hydrogens (tertiary/aromatic N) is 3. The van der Waals surface area contributed by atoms with Crippen LogP contribution in [0.15, 0.2) is 71.3 Å². The summed E-state index contributed by atoms with van der Waals surface area (Å²) in [7, 11) is 1.63. The first kappa shape index (κ1) is 17.5. The van der Waals surface area contributed by atoms with Crippen LogP contribution in [-0.2, 0) is 0 Å². The van der Waals surface area contributed by atoms with Crippen molar-refractivity contribution in [3.63, 3.8) is 0 Å². The molecule has 0 aliphatic rings. The standard InChI is InChI=1S/C21H19N5O2/c1-14-12-20(26-28-14)23-19-13-18(22-16-10-6-7-11-17(16)27-2)24-21(25-19)15-8-4-3-5-9-15/h3-13H,1-2H3,(H2,22,23,24,25,26). The van der Waals surface area contributed by atoms with E-state index < -0.39 is 0 Å². The van der Waals surface area contributed by atoms with Gasteiger partial charge in [0.25, 0.3) is 0 Å². The molecule has 4 aromatic rings. The molecule has 0 atom stereocenters. The lowest BCUT2D eigenvalue weighted by molar-refractivity contribution is 0.400. The summed E-state index contributed by atoms with van der Waals surface area (Å²) in [6.07, 6.45) is 0. The lowest BCUT2D eigenvalue weighted by Crippen LogP contribution is -2.02. The van der Waals surface area contributed by atoms with E-state index in [1.54, 1.807) is 13.2 Å². The molecular weight excluding hydrogens is 354 g/mol. The Bertz CT molecular complexity index is 1080. The number of aryl methyl sites for hydroxylation is 1. The SMILES string of the molecule is COc1ccccc1Nc1cc(Nc2cc(C)on2)nc(-c2ccccc2)n1. The minimum atomic E-state index is 0.582. The molecule has 0 fully saturated rings. The van der Waals surface area contributed by atoms with E-state index in [4.69, 9.17) is 9.26 Å². The van der Waals surface area contributed by atoms with E-state index in [1.807, 2.05) is 67.6 Å². The Hall–Kier alpha value is -3.87. The Kier molecular flexibility index (Phi) is 4.88. The van der Waals surface area contributed by atoms with Gasteiger partial charge in [-0.25, -0.2) is 9.97 Å². The van der Waals surface area contributed by atoms with E-state index >= 15 is 0 Å². The molecule has 2 N–H and O–H groups in total. The molecule has 0 bridgehead atoms. The van der Waals surface area contributed by atoms with Gasteiger partial charge in [0.15, 0.2) is 11.6 Å². The number of methoxy groups -OCH3 is 1. The molecule has 2 aromatic carbocycles. The lowest BCUT2D eigenvalue weighted by atomic mass is 10.2. The topological polar surface area (TPSA) is 85.1 Å². The van der Waals surface area contributed by atoms with Crippen molar-refractivity contribution in [2.45, 2.75) is 6.92 Å². The molecule has 0 aliphatic heterocycles. The van der Waals surface area contributed by atoms with E-state index in [0.29, 0.717) is 29.0 Å². The largest absolute Gasteiger partial charge is 0.495 e. The fourth-order valence-corrected chi connectivity index (χ4v) is 2.73. The Morgan fingerprint density at radius 2 is 1.54 bits per heavy atom. The number of anilines is 4. The molecule has 4 rings (SSSR count). The van der Waals surface area contributed by atoms with Gasteiger partial charge in [-0.2, -0.15) is 0 Å². The molecule has 140 valence electrons. The normalized spacial score (nSPS) is 10.5. The smallest absolute Gasteiger partial charge is 0.175 e. The van der Waals surface area contributed by atoms with Crippen LogP contribution < -0.4 is 15.4 Å². The molecule has 0 saturated carbocycles. The van der Waals surface area contributed by atoms with Gasteiger partial charge in [-0.05, 0) is 19.1 Å². The van der Waals surface area contributed by atoms with Gasteiger partial charge in [0.1, 0.15) is 23.1 Å². The van der Waals surface area contributed by atoms with Crippen LogP contribution in [0.2, 0.25) is 0 Å². The quantitative estimate of drug-likeness (QED) is 0.495. The van der Waals surface area contributed by atoms with Crippen LogP contribution in [0.5, 0.6) is 5.75 Å². The van der Waals surface area contributed by atoms with E-state index in [-0.39, 0.29) is 0 Å².